The second-order valence-corrected chi connectivity index (χ2v) is 18.5. The molecule has 4 aromatic carbocycles. The number of nitrogens with zero attached hydrogens (tertiary/aromatic N) is 4. The molecule has 2 saturated heterocycles. The van der Waals surface area contributed by atoms with Crippen molar-refractivity contribution < 1.29 is 35.9 Å². The van der Waals surface area contributed by atoms with Gasteiger partial charge in [-0.25, -0.2) is 26.4 Å². The Morgan fingerprint density at radius 2 is 0.964 bits per heavy atom. The largest absolute Gasteiger partial charge is 0.444 e. The predicted octanol–water partition coefficient (Wildman–Crippen LogP) is 7.61. The Morgan fingerprint density at radius 3 is 1.38 bits per heavy atom. The molecule has 0 aliphatic carbocycles. The molecule has 4 aliphatic rings. The first-order valence-electron chi connectivity index (χ1n) is 17.9. The molecule has 290 valence electrons. The minimum atomic E-state index is -3.53. The molecule has 4 aliphatic heterocycles. The van der Waals surface area contributed by atoms with Crippen molar-refractivity contribution in [3.05, 3.63) is 118 Å². The van der Waals surface area contributed by atoms with Gasteiger partial charge in [-0.2, -0.15) is 8.61 Å². The molecule has 0 saturated carbocycles. The molecular weight excluding hydrogens is 787 g/mol. The van der Waals surface area contributed by atoms with E-state index in [4.69, 9.17) is 32.7 Å². The lowest BCUT2D eigenvalue weighted by molar-refractivity contribution is 0.135. The summed E-state index contributed by atoms with van der Waals surface area (Å²) in [4.78, 5) is 28.7. The van der Waals surface area contributed by atoms with Crippen molar-refractivity contribution in [1.29, 1.82) is 0 Å². The molecule has 12 nitrogen and oxygen atoms in total. The zero-order valence-corrected chi connectivity index (χ0v) is 33.2. The number of sulfonamides is 2. The van der Waals surface area contributed by atoms with E-state index in [0.29, 0.717) is 71.7 Å². The number of piperidine rings is 2. The number of carbonyl (C=O) groups excluding carboxylic acids is 2. The number of halogens is 2. The highest BCUT2D eigenvalue weighted by atomic mass is 35.5. The summed E-state index contributed by atoms with van der Waals surface area (Å²) in [5.41, 5.74) is 4.32. The molecule has 55 heavy (non-hydrogen) atoms. The highest BCUT2D eigenvalue weighted by Gasteiger charge is 2.39. The van der Waals surface area contributed by atoms with E-state index in [1.807, 2.05) is 19.1 Å². The number of hydrogen-bond acceptors (Lipinski definition) is 8. The Kier molecular flexibility index (Phi) is 11.5. The minimum Gasteiger partial charge on any atom is -0.444 e. The third-order valence-corrected chi connectivity index (χ3v) is 14.6. The van der Waals surface area contributed by atoms with Gasteiger partial charge in [-0.3, -0.25) is 9.80 Å². The monoisotopic (exact) mass is 826 g/mol. The van der Waals surface area contributed by atoms with Gasteiger partial charge in [0.05, 0.1) is 21.2 Å². The second-order valence-electron chi connectivity index (χ2n) is 13.8. The van der Waals surface area contributed by atoms with E-state index in [0.717, 1.165) is 28.1 Å². The zero-order valence-electron chi connectivity index (χ0n) is 30.0. The number of hydrogen-bond donors (Lipinski definition) is 0. The van der Waals surface area contributed by atoms with Gasteiger partial charge in [0.15, 0.2) is 0 Å². The lowest BCUT2D eigenvalue weighted by Crippen LogP contribution is -2.50. The molecule has 0 atom stereocenters. The molecule has 0 bridgehead atoms. The van der Waals surface area contributed by atoms with Crippen LogP contribution in [0.15, 0.2) is 101 Å². The van der Waals surface area contributed by atoms with Crippen LogP contribution >= 0.6 is 23.2 Å². The van der Waals surface area contributed by atoms with E-state index in [9.17, 15) is 26.4 Å². The summed E-state index contributed by atoms with van der Waals surface area (Å²) in [5, 5.41) is 1.19. The Labute approximate surface area is 331 Å². The van der Waals surface area contributed by atoms with E-state index < -0.39 is 32.2 Å². The van der Waals surface area contributed by atoms with Crippen LogP contribution in [-0.4, -0.2) is 75.9 Å². The zero-order chi connectivity index (χ0) is 38.9. The van der Waals surface area contributed by atoms with Gasteiger partial charge >= 0.3 is 12.2 Å². The van der Waals surface area contributed by atoms with Gasteiger partial charge in [0.25, 0.3) is 0 Å². The van der Waals surface area contributed by atoms with Gasteiger partial charge in [-0.15, -0.1) is 0 Å². The molecule has 2 amide bonds. The van der Waals surface area contributed by atoms with Gasteiger partial charge in [0.1, 0.15) is 13.2 Å². The number of amides is 2. The third kappa shape index (κ3) is 8.21. The number of carbonyl (C=O) groups is 2. The van der Waals surface area contributed by atoms with Crippen molar-refractivity contribution in [3.8, 4) is 0 Å². The maximum atomic E-state index is 12.9. The molecule has 0 spiro atoms. The maximum absolute atomic E-state index is 12.9. The number of rotatable bonds is 6. The van der Waals surface area contributed by atoms with Crippen molar-refractivity contribution in [1.82, 2.24) is 8.61 Å². The van der Waals surface area contributed by atoms with E-state index in [1.165, 1.54) is 8.61 Å². The SMILES string of the molecule is Cc1ccc(S(=O)(=O)N2CCC(N3C(=O)OCc4cc(Cl)ccc43)CC2)cc1.O=C1OCc2cc(Cl)ccc2N1C1CCN(S(=O)(=O)c2ccccc2)CC1. The van der Waals surface area contributed by atoms with Crippen LogP contribution in [-0.2, 0) is 42.7 Å². The van der Waals surface area contributed by atoms with Crippen molar-refractivity contribution in [2.45, 2.75) is 67.7 Å². The van der Waals surface area contributed by atoms with E-state index >= 15 is 0 Å². The first kappa shape index (κ1) is 39.1. The lowest BCUT2D eigenvalue weighted by atomic mass is 10.0. The summed E-state index contributed by atoms with van der Waals surface area (Å²) in [6.45, 7) is 3.74. The molecule has 0 radical (unpaired) electrons. The van der Waals surface area contributed by atoms with Crippen LogP contribution in [0.5, 0.6) is 0 Å². The second kappa shape index (κ2) is 16.1. The number of anilines is 2. The van der Waals surface area contributed by atoms with Crippen LogP contribution in [0.1, 0.15) is 42.4 Å². The molecule has 16 heteroatoms. The number of fused-ring (bicyclic) bond motifs is 2. The molecule has 8 rings (SSSR count). The van der Waals surface area contributed by atoms with Crippen LogP contribution in [0.25, 0.3) is 0 Å². The third-order valence-electron chi connectivity index (χ3n) is 10.3. The fraction of sp³-hybridized carbons (Fsp3) is 0.333. The summed E-state index contributed by atoms with van der Waals surface area (Å²) in [7, 11) is -7.05. The number of cyclic esters (lactones) is 2. The predicted molar refractivity (Wildman–Crippen MR) is 209 cm³/mol. The van der Waals surface area contributed by atoms with Crippen LogP contribution in [0.3, 0.4) is 0 Å². The highest BCUT2D eigenvalue weighted by Crippen LogP contribution is 2.36. The lowest BCUT2D eigenvalue weighted by Gasteiger charge is -2.39. The van der Waals surface area contributed by atoms with Gasteiger partial charge in [0, 0.05) is 59.4 Å². The average Bonchev–Trinajstić information content (AvgIpc) is 3.19. The molecule has 2 fully saturated rings. The molecule has 0 aromatic heterocycles. The van der Waals surface area contributed by atoms with Crippen molar-refractivity contribution in [2.75, 3.05) is 36.0 Å². The molecule has 0 N–H and O–H groups in total. The van der Waals surface area contributed by atoms with Gasteiger partial charge < -0.3 is 9.47 Å². The van der Waals surface area contributed by atoms with Crippen LogP contribution in [0.2, 0.25) is 10.0 Å². The van der Waals surface area contributed by atoms with Crippen molar-refractivity contribution in [2.24, 2.45) is 0 Å². The average molecular weight is 828 g/mol. The van der Waals surface area contributed by atoms with Crippen LogP contribution < -0.4 is 9.80 Å². The quantitative estimate of drug-likeness (QED) is 0.194. The first-order valence-corrected chi connectivity index (χ1v) is 21.6. The Morgan fingerprint density at radius 1 is 0.564 bits per heavy atom. The number of aryl methyl sites for hydroxylation is 1. The fourth-order valence-electron chi connectivity index (χ4n) is 7.40. The summed E-state index contributed by atoms with van der Waals surface area (Å²) >= 11 is 12.1. The van der Waals surface area contributed by atoms with Gasteiger partial charge in [0.2, 0.25) is 20.0 Å². The molecule has 4 aromatic rings. The van der Waals surface area contributed by atoms with E-state index in [1.54, 1.807) is 88.7 Å². The Hall–Kier alpha value is -4.18. The maximum Gasteiger partial charge on any atom is 0.414 e. The highest BCUT2D eigenvalue weighted by molar-refractivity contribution is 7.89. The fourth-order valence-corrected chi connectivity index (χ4v) is 10.7. The van der Waals surface area contributed by atoms with Crippen LogP contribution in [0, 0.1) is 6.92 Å². The van der Waals surface area contributed by atoms with Gasteiger partial charge in [-0.05, 0) is 93.3 Å². The Bertz CT molecular complexity index is 2280. The molecular formula is C39H40Cl2N4O8S2. The van der Waals surface area contributed by atoms with E-state index in [-0.39, 0.29) is 25.3 Å². The van der Waals surface area contributed by atoms with Crippen molar-refractivity contribution in [3.63, 3.8) is 0 Å². The standard InChI is InChI=1S/C20H21ClN2O4S.C19H19ClN2O4S/c1-14-2-5-18(6-3-14)28(25,26)22-10-8-17(9-11-22)23-19-7-4-16(21)12-15(19)13-27-20(23)24;20-15-6-7-18-14(12-15)13-26-19(23)22(18)16-8-10-21(11-9-16)27(24,25)17-4-2-1-3-5-17/h2-7,12,17H,8-11,13H2,1H3;1-7,12,16H,8-11,13H2. The minimum absolute atomic E-state index is 0.111. The molecule has 4 heterocycles. The topological polar surface area (TPSA) is 134 Å². The Balaban J connectivity index is 0.000000169. The summed E-state index contributed by atoms with van der Waals surface area (Å²) < 4.78 is 64.9. The summed E-state index contributed by atoms with van der Waals surface area (Å²) in [5.74, 6) is 0. The summed E-state index contributed by atoms with van der Waals surface area (Å²) in [6, 6.07) is 25.8. The number of ether oxygens (including phenoxy) is 2. The summed E-state index contributed by atoms with van der Waals surface area (Å²) in [6.07, 6.45) is 1.39. The van der Waals surface area contributed by atoms with E-state index in [2.05, 4.69) is 0 Å². The van der Waals surface area contributed by atoms with Crippen LogP contribution in [0.4, 0.5) is 21.0 Å². The normalized spacial score (nSPS) is 18.7. The van der Waals surface area contributed by atoms with Crippen molar-refractivity contribution >= 4 is 66.8 Å². The molecule has 0 unspecified atom stereocenters. The number of benzene rings is 4. The van der Waals surface area contributed by atoms with Gasteiger partial charge in [-0.1, -0.05) is 59.1 Å². The smallest absolute Gasteiger partial charge is 0.414 e. The first-order chi connectivity index (χ1) is 26.3.